The number of nitrogens with zero attached hydrogens (tertiary/aromatic N) is 3. The second-order valence-electron chi connectivity index (χ2n) is 6.73. The molecule has 5 nitrogen and oxygen atoms in total. The number of aromatic nitrogens is 1. The first kappa shape index (κ1) is 28.8. The number of aliphatic imine (C=N–C) groups is 2. The molecular formula is C23H19Cl3N3NdO2. The van der Waals surface area contributed by atoms with Crippen LogP contribution < -0.4 is 37.2 Å². The number of benzene rings is 2. The van der Waals surface area contributed by atoms with Crippen LogP contribution in [0.3, 0.4) is 0 Å². The van der Waals surface area contributed by atoms with E-state index in [0.29, 0.717) is 36.3 Å². The van der Waals surface area contributed by atoms with Gasteiger partial charge in [-0.1, -0.05) is 66.7 Å². The monoisotopic (exact) mass is 616 g/mol. The molecule has 163 valence electrons. The molecule has 2 atom stereocenters. The fourth-order valence-electron chi connectivity index (χ4n) is 3.39. The number of hydrogen-bond donors (Lipinski definition) is 0. The van der Waals surface area contributed by atoms with Gasteiger partial charge in [-0.3, -0.25) is 0 Å². The summed E-state index contributed by atoms with van der Waals surface area (Å²) in [7, 11) is 0. The molecule has 0 saturated heterocycles. The van der Waals surface area contributed by atoms with Crippen LogP contribution in [-0.2, 0) is 9.47 Å². The van der Waals surface area contributed by atoms with Gasteiger partial charge in [-0.15, -0.1) is 0 Å². The first-order valence-corrected chi connectivity index (χ1v) is 9.37. The molecule has 32 heavy (non-hydrogen) atoms. The first-order chi connectivity index (χ1) is 13.9. The molecule has 3 aromatic rings. The van der Waals surface area contributed by atoms with Crippen LogP contribution in [0.2, 0.25) is 0 Å². The van der Waals surface area contributed by atoms with Crippen molar-refractivity contribution in [1.29, 1.82) is 0 Å². The Hall–Kier alpha value is -1.25. The van der Waals surface area contributed by atoms with Gasteiger partial charge in [0.15, 0.2) is 0 Å². The Morgan fingerprint density at radius 2 is 0.969 bits per heavy atom. The van der Waals surface area contributed by atoms with Gasteiger partial charge in [0, 0.05) is 0 Å². The standard InChI is InChI=1S/C23H19N3O2.3ClH.Nd/c1-3-8-16(9-4-1)20-14-24-22(27-20)18-12-7-13-19(26-18)23-25-15-21(28-23)17-10-5-2-6-11-17;;;;/h1-13,20-21H,14-15H2;3*1H;/q;;;;+3/p-3. The Labute approximate surface area is 238 Å². The molecule has 2 unspecified atom stereocenters. The second-order valence-corrected chi connectivity index (χ2v) is 6.73. The van der Waals surface area contributed by atoms with Crippen molar-refractivity contribution in [2.45, 2.75) is 12.2 Å². The molecule has 5 rings (SSSR count). The number of pyridine rings is 1. The summed E-state index contributed by atoms with van der Waals surface area (Å²) >= 11 is 0. The zero-order valence-electron chi connectivity index (χ0n) is 16.9. The molecule has 0 saturated carbocycles. The third-order valence-corrected chi connectivity index (χ3v) is 4.84. The van der Waals surface area contributed by atoms with Crippen molar-refractivity contribution in [3.63, 3.8) is 0 Å². The van der Waals surface area contributed by atoms with Crippen LogP contribution in [0.25, 0.3) is 0 Å². The van der Waals surface area contributed by atoms with E-state index in [9.17, 15) is 0 Å². The average Bonchev–Trinajstić information content (AvgIpc) is 3.46. The van der Waals surface area contributed by atoms with Crippen molar-refractivity contribution in [3.05, 3.63) is 101 Å². The fraction of sp³-hybridized carbons (Fsp3) is 0.174. The summed E-state index contributed by atoms with van der Waals surface area (Å²) in [6.45, 7) is 1.19. The molecule has 0 bridgehead atoms. The normalized spacial score (nSPS) is 18.2. The van der Waals surface area contributed by atoms with Crippen molar-refractivity contribution in [1.82, 2.24) is 4.98 Å². The van der Waals surface area contributed by atoms with Gasteiger partial charge < -0.3 is 46.7 Å². The number of ether oxygens (including phenoxy) is 2. The van der Waals surface area contributed by atoms with E-state index in [4.69, 9.17) is 9.47 Å². The molecule has 9 heteroatoms. The maximum atomic E-state index is 6.05. The van der Waals surface area contributed by atoms with Gasteiger partial charge in [-0.05, 0) is 23.3 Å². The first-order valence-electron chi connectivity index (χ1n) is 9.37. The van der Waals surface area contributed by atoms with Crippen molar-refractivity contribution in [3.8, 4) is 0 Å². The summed E-state index contributed by atoms with van der Waals surface area (Å²) in [6, 6.07) is 26.0. The molecule has 2 aromatic carbocycles. The van der Waals surface area contributed by atoms with E-state index in [-0.39, 0.29) is 90.3 Å². The molecule has 0 N–H and O–H groups in total. The molecular weight excluding hydrogens is 601 g/mol. The van der Waals surface area contributed by atoms with Gasteiger partial charge in [0.1, 0.15) is 23.6 Å². The summed E-state index contributed by atoms with van der Waals surface area (Å²) < 4.78 is 12.1. The fourth-order valence-corrected chi connectivity index (χ4v) is 3.39. The van der Waals surface area contributed by atoms with Crippen molar-refractivity contribution in [2.75, 3.05) is 13.1 Å². The molecule has 0 fully saturated rings. The second kappa shape index (κ2) is 13.5. The van der Waals surface area contributed by atoms with Gasteiger partial charge in [-0.25, -0.2) is 15.0 Å². The summed E-state index contributed by atoms with van der Waals surface area (Å²) in [5.41, 5.74) is 3.63. The van der Waals surface area contributed by atoms with Gasteiger partial charge in [-0.2, -0.15) is 0 Å². The summed E-state index contributed by atoms with van der Waals surface area (Å²) in [4.78, 5) is 13.8. The summed E-state index contributed by atoms with van der Waals surface area (Å²) in [5, 5.41) is 0. The van der Waals surface area contributed by atoms with Crippen molar-refractivity contribution >= 4 is 11.8 Å². The number of rotatable bonds is 4. The molecule has 0 aliphatic carbocycles. The van der Waals surface area contributed by atoms with Crippen LogP contribution >= 0.6 is 0 Å². The van der Waals surface area contributed by atoms with E-state index < -0.39 is 0 Å². The van der Waals surface area contributed by atoms with E-state index in [1.54, 1.807) is 0 Å². The SMILES string of the molecule is [Cl-].[Cl-].[Cl-].[Nd+3].c1ccc(C2CN=C(c3cccc(C4=NCC(c5ccccc5)O4)n3)O2)cc1. The van der Waals surface area contributed by atoms with Crippen LogP contribution in [0.1, 0.15) is 34.7 Å². The average molecular weight is 620 g/mol. The summed E-state index contributed by atoms with van der Waals surface area (Å²) in [6.07, 6.45) is -0.131. The van der Waals surface area contributed by atoms with Crippen LogP contribution in [-0.4, -0.2) is 29.9 Å². The molecule has 0 spiro atoms. The van der Waals surface area contributed by atoms with Crippen LogP contribution in [0.15, 0.2) is 88.8 Å². The van der Waals surface area contributed by atoms with Crippen molar-refractivity contribution in [2.24, 2.45) is 9.98 Å². The Bertz CT molecular complexity index is 972. The predicted octanol–water partition coefficient (Wildman–Crippen LogP) is -4.87. The molecule has 3 heterocycles. The Morgan fingerprint density at radius 3 is 1.38 bits per heavy atom. The minimum atomic E-state index is -0.0656. The predicted molar refractivity (Wildman–Crippen MR) is 108 cm³/mol. The maximum absolute atomic E-state index is 6.05. The largest absolute Gasteiger partial charge is 3.00 e. The molecule has 1 aromatic heterocycles. The smallest absolute Gasteiger partial charge is 1.00 e. The number of halogens is 3. The van der Waals surface area contributed by atoms with E-state index in [0.717, 1.165) is 11.1 Å². The summed E-state index contributed by atoms with van der Waals surface area (Å²) in [5.74, 6) is 1.13. The maximum Gasteiger partial charge on any atom is 3.00 e. The quantitative estimate of drug-likeness (QED) is 0.295. The van der Waals surface area contributed by atoms with E-state index in [2.05, 4.69) is 39.2 Å². The molecule has 1 radical (unpaired) electrons. The zero-order valence-corrected chi connectivity index (χ0v) is 22.3. The van der Waals surface area contributed by atoms with Crippen LogP contribution in [0.4, 0.5) is 0 Å². The van der Waals surface area contributed by atoms with Crippen molar-refractivity contribution < 1.29 is 87.5 Å². The van der Waals surface area contributed by atoms with E-state index in [1.165, 1.54) is 0 Å². The van der Waals surface area contributed by atoms with Crippen LogP contribution in [0.5, 0.6) is 0 Å². The van der Waals surface area contributed by atoms with Crippen LogP contribution in [0, 0.1) is 40.8 Å². The molecule has 0 amide bonds. The zero-order chi connectivity index (χ0) is 18.8. The van der Waals surface area contributed by atoms with Gasteiger partial charge >= 0.3 is 40.8 Å². The van der Waals surface area contributed by atoms with E-state index >= 15 is 0 Å². The van der Waals surface area contributed by atoms with E-state index in [1.807, 2.05) is 54.6 Å². The Balaban J connectivity index is 0.00000128. The number of hydrogen-bond acceptors (Lipinski definition) is 5. The van der Waals surface area contributed by atoms with Gasteiger partial charge in [0.05, 0.1) is 13.1 Å². The molecule has 2 aliphatic rings. The third-order valence-electron chi connectivity index (χ3n) is 4.84. The van der Waals surface area contributed by atoms with Gasteiger partial charge in [0.2, 0.25) is 11.8 Å². The molecule has 2 aliphatic heterocycles. The third kappa shape index (κ3) is 6.41. The minimum absolute atomic E-state index is 0. The topological polar surface area (TPSA) is 56.1 Å². The Morgan fingerprint density at radius 1 is 0.562 bits per heavy atom. The Kier molecular flexibility index (Phi) is 12.1. The van der Waals surface area contributed by atoms with Gasteiger partial charge in [0.25, 0.3) is 0 Å². The minimum Gasteiger partial charge on any atom is -1.00 e.